The highest BCUT2D eigenvalue weighted by atomic mass is 35.5. The van der Waals surface area contributed by atoms with Gasteiger partial charge in [0.15, 0.2) is 11.5 Å². The van der Waals surface area contributed by atoms with Crippen molar-refractivity contribution in [3.8, 4) is 11.5 Å². The van der Waals surface area contributed by atoms with E-state index < -0.39 is 5.54 Å². The molecule has 1 aromatic carbocycles. The molecule has 1 spiro atoms. The van der Waals surface area contributed by atoms with E-state index in [0.29, 0.717) is 29.7 Å². The predicted molar refractivity (Wildman–Crippen MR) is 82.4 cm³/mol. The molecule has 0 unspecified atom stereocenters. The monoisotopic (exact) mass is 319 g/mol. The summed E-state index contributed by atoms with van der Waals surface area (Å²) in [5.41, 5.74) is 0.620. The Balaban J connectivity index is 1.75. The van der Waals surface area contributed by atoms with Crippen LogP contribution in [0.4, 0.5) is 0 Å². The van der Waals surface area contributed by atoms with Gasteiger partial charge < -0.3 is 9.47 Å². The Hall–Kier alpha value is -1.51. The topological polar surface area (TPSA) is 47.9 Å². The Morgan fingerprint density at radius 2 is 1.82 bits per heavy atom. The third-order valence-corrected chi connectivity index (χ3v) is 5.53. The van der Waals surface area contributed by atoms with Crippen molar-refractivity contribution in [3.63, 3.8) is 0 Å². The van der Waals surface area contributed by atoms with Gasteiger partial charge in [-0.05, 0) is 43.4 Å². The highest BCUT2D eigenvalue weighted by molar-refractivity contribution is 6.32. The van der Waals surface area contributed by atoms with Gasteiger partial charge in [-0.25, -0.2) is 4.79 Å². The zero-order valence-corrected chi connectivity index (χ0v) is 13.1. The van der Waals surface area contributed by atoms with Crippen LogP contribution in [0.2, 0.25) is 5.02 Å². The fraction of sp³-hybridized carbons (Fsp3) is 0.588. The summed E-state index contributed by atoms with van der Waals surface area (Å²) < 4.78 is 11.9. The number of nitrogens with zero attached hydrogens (tertiary/aromatic N) is 1. The van der Waals surface area contributed by atoms with Crippen molar-refractivity contribution in [1.82, 2.24) is 0 Å². The molecule has 116 valence electrons. The van der Waals surface area contributed by atoms with E-state index in [1.54, 1.807) is 6.08 Å². The summed E-state index contributed by atoms with van der Waals surface area (Å²) >= 11 is 6.43. The van der Waals surface area contributed by atoms with Crippen LogP contribution < -0.4 is 9.47 Å². The van der Waals surface area contributed by atoms with Gasteiger partial charge in [0.25, 0.3) is 0 Å². The van der Waals surface area contributed by atoms with Crippen LogP contribution in [0.1, 0.15) is 44.1 Å². The van der Waals surface area contributed by atoms with Crippen molar-refractivity contribution >= 4 is 17.7 Å². The molecule has 4 nitrogen and oxygen atoms in total. The maximum Gasteiger partial charge on any atom is 0.235 e. The second-order valence-electron chi connectivity index (χ2n) is 6.80. The number of rotatable bonds is 2. The molecule has 1 heterocycles. The molecule has 2 aliphatic carbocycles. The lowest BCUT2D eigenvalue weighted by Gasteiger charge is -2.24. The number of hydrogen-bond acceptors (Lipinski definition) is 4. The van der Waals surface area contributed by atoms with Crippen LogP contribution in [-0.2, 0) is 10.3 Å². The van der Waals surface area contributed by atoms with Gasteiger partial charge in [-0.2, -0.15) is 4.99 Å². The molecule has 2 fully saturated rings. The van der Waals surface area contributed by atoms with Crippen molar-refractivity contribution in [1.29, 1.82) is 0 Å². The lowest BCUT2D eigenvalue weighted by Crippen LogP contribution is -2.19. The molecule has 1 aromatic rings. The van der Waals surface area contributed by atoms with Crippen LogP contribution in [-0.4, -0.2) is 19.3 Å². The lowest BCUT2D eigenvalue weighted by molar-refractivity contribution is 0.197. The number of ether oxygens (including phenoxy) is 2. The molecule has 2 saturated carbocycles. The second kappa shape index (κ2) is 5.00. The van der Waals surface area contributed by atoms with Crippen molar-refractivity contribution in [2.24, 2.45) is 10.4 Å². The summed E-state index contributed by atoms with van der Waals surface area (Å²) in [4.78, 5) is 15.0. The lowest BCUT2D eigenvalue weighted by atomic mass is 9.88. The first-order chi connectivity index (χ1) is 10.7. The van der Waals surface area contributed by atoms with Crippen LogP contribution in [0.15, 0.2) is 17.1 Å². The number of isocyanates is 1. The molecular formula is C17H18ClNO3. The van der Waals surface area contributed by atoms with Gasteiger partial charge in [0.2, 0.25) is 6.08 Å². The van der Waals surface area contributed by atoms with Gasteiger partial charge in [0, 0.05) is 5.41 Å². The smallest absolute Gasteiger partial charge is 0.235 e. The average Bonchev–Trinajstić information content (AvgIpc) is 3.18. The van der Waals surface area contributed by atoms with Gasteiger partial charge in [-0.1, -0.05) is 24.4 Å². The standard InChI is InChI=1S/C17H18ClNO3/c18-13-7-12(17(19-11-20)3-1-2-4-17)8-14-15(13)22-10-16(5-6-16)9-21-14/h7-8H,1-6,9-10H2. The summed E-state index contributed by atoms with van der Waals surface area (Å²) in [5.74, 6) is 1.30. The van der Waals surface area contributed by atoms with Gasteiger partial charge in [0.05, 0.1) is 23.8 Å². The predicted octanol–water partition coefficient (Wildman–Crippen LogP) is 4.00. The normalized spacial score (nSPS) is 23.7. The Kier molecular flexibility index (Phi) is 3.21. The molecule has 0 amide bonds. The van der Waals surface area contributed by atoms with E-state index in [9.17, 15) is 4.79 Å². The number of fused-ring (bicyclic) bond motifs is 1. The maximum absolute atomic E-state index is 10.9. The van der Waals surface area contributed by atoms with Crippen molar-refractivity contribution in [3.05, 3.63) is 22.7 Å². The first kappa shape index (κ1) is 14.1. The first-order valence-electron chi connectivity index (χ1n) is 7.85. The molecular weight excluding hydrogens is 302 g/mol. The highest BCUT2D eigenvalue weighted by Crippen LogP contribution is 2.52. The highest BCUT2D eigenvalue weighted by Gasteiger charge is 2.46. The molecule has 3 aliphatic rings. The van der Waals surface area contributed by atoms with E-state index in [4.69, 9.17) is 21.1 Å². The number of aliphatic imine (C=N–C) groups is 1. The average molecular weight is 320 g/mol. The minimum absolute atomic E-state index is 0.175. The molecule has 5 heteroatoms. The van der Waals surface area contributed by atoms with Crippen LogP contribution in [0.3, 0.4) is 0 Å². The fourth-order valence-corrected chi connectivity index (χ4v) is 3.82. The molecule has 4 rings (SSSR count). The Labute approximate surface area is 134 Å². The zero-order valence-electron chi connectivity index (χ0n) is 12.4. The van der Waals surface area contributed by atoms with Gasteiger partial charge in [-0.15, -0.1) is 0 Å². The van der Waals surface area contributed by atoms with E-state index >= 15 is 0 Å². The Morgan fingerprint density at radius 3 is 2.50 bits per heavy atom. The van der Waals surface area contributed by atoms with Gasteiger partial charge in [-0.3, -0.25) is 0 Å². The van der Waals surface area contributed by atoms with Crippen molar-refractivity contribution < 1.29 is 14.3 Å². The minimum atomic E-state index is -0.493. The first-order valence-corrected chi connectivity index (χ1v) is 8.23. The maximum atomic E-state index is 10.9. The second-order valence-corrected chi connectivity index (χ2v) is 7.21. The third kappa shape index (κ3) is 2.22. The summed E-state index contributed by atoms with van der Waals surface area (Å²) in [6.45, 7) is 1.33. The summed E-state index contributed by atoms with van der Waals surface area (Å²) in [7, 11) is 0. The quantitative estimate of drug-likeness (QED) is 0.611. The van der Waals surface area contributed by atoms with Crippen LogP contribution in [0.25, 0.3) is 0 Å². The van der Waals surface area contributed by atoms with Crippen LogP contribution >= 0.6 is 11.6 Å². The number of carbonyl (C=O) groups excluding carboxylic acids is 1. The fourth-order valence-electron chi connectivity index (χ4n) is 3.56. The molecule has 0 N–H and O–H groups in total. The van der Waals surface area contributed by atoms with E-state index in [2.05, 4.69) is 4.99 Å². The zero-order chi connectivity index (χ0) is 15.2. The summed E-state index contributed by atoms with van der Waals surface area (Å²) in [6, 6.07) is 3.83. The number of benzene rings is 1. The molecule has 0 saturated heterocycles. The minimum Gasteiger partial charge on any atom is -0.489 e. The van der Waals surface area contributed by atoms with Crippen molar-refractivity contribution in [2.75, 3.05) is 13.2 Å². The largest absolute Gasteiger partial charge is 0.489 e. The van der Waals surface area contributed by atoms with E-state index in [1.165, 1.54) is 0 Å². The Morgan fingerprint density at radius 1 is 1.09 bits per heavy atom. The molecule has 0 aromatic heterocycles. The number of halogens is 1. The van der Waals surface area contributed by atoms with Crippen LogP contribution in [0.5, 0.6) is 11.5 Å². The molecule has 22 heavy (non-hydrogen) atoms. The molecule has 0 bridgehead atoms. The third-order valence-electron chi connectivity index (χ3n) is 5.25. The summed E-state index contributed by atoms with van der Waals surface area (Å²) in [6.07, 6.45) is 7.84. The van der Waals surface area contributed by atoms with E-state index in [-0.39, 0.29) is 5.41 Å². The van der Waals surface area contributed by atoms with Gasteiger partial charge >= 0.3 is 0 Å². The SMILES string of the molecule is O=C=NC1(c2cc(Cl)c3c(c2)OCC2(CC2)CO3)CCCC1. The van der Waals surface area contributed by atoms with Crippen LogP contribution in [0, 0.1) is 5.41 Å². The van der Waals surface area contributed by atoms with E-state index in [0.717, 1.165) is 44.1 Å². The molecule has 1 aliphatic heterocycles. The van der Waals surface area contributed by atoms with Crippen molar-refractivity contribution in [2.45, 2.75) is 44.1 Å². The molecule has 0 atom stereocenters. The number of hydrogen-bond donors (Lipinski definition) is 0. The molecule has 0 radical (unpaired) electrons. The van der Waals surface area contributed by atoms with Gasteiger partial charge in [0.1, 0.15) is 0 Å². The van der Waals surface area contributed by atoms with E-state index in [1.807, 2.05) is 12.1 Å². The summed E-state index contributed by atoms with van der Waals surface area (Å²) in [5, 5.41) is 0.539. The Bertz CT molecular complexity index is 656.